The minimum Gasteiger partial charge on any atom is -0.379 e. The monoisotopic (exact) mass is 439 g/mol. The fourth-order valence-electron chi connectivity index (χ4n) is 3.60. The standard InChI is InChI=1S/C24H33N5O3/c1-18-4-6-21(7-5-18)17-29-20(3)22(19(2)27-29)8-9-23(30)26-16-24(31)25-10-11-28-12-14-32-15-13-28/h4-9H,10-17H2,1-3H3,(H,25,31)(H,26,30). The fourth-order valence-corrected chi connectivity index (χ4v) is 3.60. The summed E-state index contributed by atoms with van der Waals surface area (Å²) in [6.45, 7) is 11.2. The highest BCUT2D eigenvalue weighted by Crippen LogP contribution is 2.16. The number of hydrogen-bond acceptors (Lipinski definition) is 5. The van der Waals surface area contributed by atoms with Gasteiger partial charge in [0.15, 0.2) is 0 Å². The van der Waals surface area contributed by atoms with Gasteiger partial charge in [0.2, 0.25) is 11.8 Å². The molecule has 8 heteroatoms. The van der Waals surface area contributed by atoms with Gasteiger partial charge in [0.1, 0.15) is 0 Å². The molecule has 172 valence electrons. The first-order valence-corrected chi connectivity index (χ1v) is 11.0. The van der Waals surface area contributed by atoms with Crippen molar-refractivity contribution in [1.29, 1.82) is 0 Å². The number of ether oxygens (including phenoxy) is 1. The molecule has 1 aliphatic rings. The average Bonchev–Trinajstić information content (AvgIpc) is 3.05. The molecule has 0 atom stereocenters. The first-order valence-electron chi connectivity index (χ1n) is 11.0. The summed E-state index contributed by atoms with van der Waals surface area (Å²) in [5.41, 5.74) is 5.17. The van der Waals surface area contributed by atoms with E-state index in [0.717, 1.165) is 49.8 Å². The Labute approximate surface area is 189 Å². The molecule has 2 aromatic rings. The van der Waals surface area contributed by atoms with Gasteiger partial charge in [0.05, 0.1) is 32.0 Å². The summed E-state index contributed by atoms with van der Waals surface area (Å²) in [4.78, 5) is 26.4. The highest BCUT2D eigenvalue weighted by Gasteiger charge is 2.12. The van der Waals surface area contributed by atoms with Crippen LogP contribution in [-0.4, -0.2) is 72.4 Å². The van der Waals surface area contributed by atoms with Gasteiger partial charge in [-0.2, -0.15) is 5.10 Å². The Balaban J connectivity index is 1.44. The van der Waals surface area contributed by atoms with Crippen LogP contribution in [-0.2, 0) is 20.9 Å². The molecule has 3 rings (SSSR count). The summed E-state index contributed by atoms with van der Waals surface area (Å²) in [5, 5.41) is 10.1. The number of benzene rings is 1. The van der Waals surface area contributed by atoms with E-state index in [9.17, 15) is 9.59 Å². The average molecular weight is 440 g/mol. The van der Waals surface area contributed by atoms with Crippen LogP contribution >= 0.6 is 0 Å². The molecular weight excluding hydrogens is 406 g/mol. The predicted octanol–water partition coefficient (Wildman–Crippen LogP) is 1.43. The van der Waals surface area contributed by atoms with Crippen LogP contribution in [0.1, 0.15) is 28.1 Å². The zero-order chi connectivity index (χ0) is 22.9. The van der Waals surface area contributed by atoms with E-state index in [1.807, 2.05) is 18.5 Å². The van der Waals surface area contributed by atoms with E-state index in [-0.39, 0.29) is 18.4 Å². The molecule has 2 amide bonds. The highest BCUT2D eigenvalue weighted by molar-refractivity contribution is 5.94. The minimum atomic E-state index is -0.307. The number of nitrogens with zero attached hydrogens (tertiary/aromatic N) is 3. The van der Waals surface area contributed by atoms with E-state index in [2.05, 4.69) is 51.8 Å². The van der Waals surface area contributed by atoms with E-state index in [0.29, 0.717) is 13.1 Å². The Morgan fingerprint density at radius 2 is 1.81 bits per heavy atom. The number of nitrogens with one attached hydrogen (secondary N) is 2. The van der Waals surface area contributed by atoms with Gasteiger partial charge in [-0.1, -0.05) is 29.8 Å². The molecule has 0 saturated carbocycles. The molecular formula is C24H33N5O3. The molecule has 0 bridgehead atoms. The van der Waals surface area contributed by atoms with E-state index < -0.39 is 0 Å². The SMILES string of the molecule is Cc1ccc(Cn2nc(C)c(C=CC(=O)NCC(=O)NCCN3CCOCC3)c2C)cc1. The second kappa shape index (κ2) is 11.6. The molecule has 1 saturated heterocycles. The van der Waals surface area contributed by atoms with Crippen molar-refractivity contribution in [2.75, 3.05) is 45.9 Å². The molecule has 2 heterocycles. The third kappa shape index (κ3) is 7.03. The Hall–Kier alpha value is -2.97. The lowest BCUT2D eigenvalue weighted by molar-refractivity contribution is -0.124. The van der Waals surface area contributed by atoms with Gasteiger partial charge >= 0.3 is 0 Å². The molecule has 0 radical (unpaired) electrons. The lowest BCUT2D eigenvalue weighted by Crippen LogP contribution is -2.43. The smallest absolute Gasteiger partial charge is 0.244 e. The number of aromatic nitrogens is 2. The molecule has 1 aromatic carbocycles. The van der Waals surface area contributed by atoms with Crippen LogP contribution in [0.15, 0.2) is 30.3 Å². The van der Waals surface area contributed by atoms with Crippen molar-refractivity contribution in [2.45, 2.75) is 27.3 Å². The van der Waals surface area contributed by atoms with Crippen LogP contribution < -0.4 is 10.6 Å². The zero-order valence-electron chi connectivity index (χ0n) is 19.2. The van der Waals surface area contributed by atoms with E-state index in [4.69, 9.17) is 4.74 Å². The van der Waals surface area contributed by atoms with Crippen molar-refractivity contribution in [3.8, 4) is 0 Å². The predicted molar refractivity (Wildman–Crippen MR) is 124 cm³/mol. The minimum absolute atomic E-state index is 0.0447. The molecule has 1 aromatic heterocycles. The Kier molecular flexibility index (Phi) is 8.58. The van der Waals surface area contributed by atoms with Gasteiger partial charge in [-0.3, -0.25) is 19.2 Å². The summed E-state index contributed by atoms with van der Waals surface area (Å²) < 4.78 is 7.25. The van der Waals surface area contributed by atoms with Gasteiger partial charge in [0.25, 0.3) is 0 Å². The molecule has 1 aliphatic heterocycles. The Bertz CT molecular complexity index is 943. The van der Waals surface area contributed by atoms with Gasteiger partial charge in [-0.25, -0.2) is 0 Å². The lowest BCUT2D eigenvalue weighted by atomic mass is 10.1. The first kappa shape index (κ1) is 23.7. The number of carbonyl (C=O) groups is 2. The van der Waals surface area contributed by atoms with Gasteiger partial charge in [-0.05, 0) is 32.4 Å². The van der Waals surface area contributed by atoms with E-state index >= 15 is 0 Å². The number of amides is 2. The van der Waals surface area contributed by atoms with Crippen molar-refractivity contribution < 1.29 is 14.3 Å². The fraction of sp³-hybridized carbons (Fsp3) is 0.458. The maximum atomic E-state index is 12.2. The van der Waals surface area contributed by atoms with Gasteiger partial charge in [-0.15, -0.1) is 0 Å². The number of hydrogen-bond donors (Lipinski definition) is 2. The third-order valence-corrected chi connectivity index (χ3v) is 5.57. The zero-order valence-corrected chi connectivity index (χ0v) is 19.2. The van der Waals surface area contributed by atoms with Crippen LogP contribution in [0, 0.1) is 20.8 Å². The van der Waals surface area contributed by atoms with Gasteiger partial charge < -0.3 is 15.4 Å². The molecule has 0 unspecified atom stereocenters. The quantitative estimate of drug-likeness (QED) is 0.577. The summed E-state index contributed by atoms with van der Waals surface area (Å²) in [6, 6.07) is 8.37. The number of rotatable bonds is 9. The highest BCUT2D eigenvalue weighted by atomic mass is 16.5. The topological polar surface area (TPSA) is 88.5 Å². The second-order valence-corrected chi connectivity index (χ2v) is 8.08. The largest absolute Gasteiger partial charge is 0.379 e. The molecule has 2 N–H and O–H groups in total. The normalized spacial score (nSPS) is 14.6. The summed E-state index contributed by atoms with van der Waals surface area (Å²) in [7, 11) is 0. The Morgan fingerprint density at radius 3 is 2.53 bits per heavy atom. The van der Waals surface area contributed by atoms with Crippen LogP contribution in [0.4, 0.5) is 0 Å². The lowest BCUT2D eigenvalue weighted by Gasteiger charge is -2.26. The van der Waals surface area contributed by atoms with Crippen LogP contribution in [0.3, 0.4) is 0 Å². The van der Waals surface area contributed by atoms with Crippen molar-refractivity contribution >= 4 is 17.9 Å². The number of morpholine rings is 1. The van der Waals surface area contributed by atoms with Crippen LogP contribution in [0.2, 0.25) is 0 Å². The van der Waals surface area contributed by atoms with Crippen LogP contribution in [0.5, 0.6) is 0 Å². The molecule has 0 aliphatic carbocycles. The van der Waals surface area contributed by atoms with E-state index in [1.165, 1.54) is 17.2 Å². The van der Waals surface area contributed by atoms with Crippen molar-refractivity contribution in [3.05, 3.63) is 58.4 Å². The van der Waals surface area contributed by atoms with Crippen LogP contribution in [0.25, 0.3) is 6.08 Å². The summed E-state index contributed by atoms with van der Waals surface area (Å²) >= 11 is 0. The Morgan fingerprint density at radius 1 is 1.09 bits per heavy atom. The summed E-state index contributed by atoms with van der Waals surface area (Å²) in [5.74, 6) is -0.503. The van der Waals surface area contributed by atoms with E-state index in [1.54, 1.807) is 6.08 Å². The first-order chi connectivity index (χ1) is 15.4. The molecule has 8 nitrogen and oxygen atoms in total. The van der Waals surface area contributed by atoms with Crippen molar-refractivity contribution in [1.82, 2.24) is 25.3 Å². The molecule has 1 fully saturated rings. The number of aryl methyl sites for hydroxylation is 2. The van der Waals surface area contributed by atoms with Gasteiger partial charge in [0, 0.05) is 43.5 Å². The summed E-state index contributed by atoms with van der Waals surface area (Å²) in [6.07, 6.45) is 3.21. The molecule has 32 heavy (non-hydrogen) atoms. The van der Waals surface area contributed by atoms with Crippen molar-refractivity contribution in [2.24, 2.45) is 0 Å². The second-order valence-electron chi connectivity index (χ2n) is 8.08. The third-order valence-electron chi connectivity index (χ3n) is 5.57. The maximum absolute atomic E-state index is 12.2. The van der Waals surface area contributed by atoms with Crippen molar-refractivity contribution in [3.63, 3.8) is 0 Å². The maximum Gasteiger partial charge on any atom is 0.244 e. The number of carbonyl (C=O) groups excluding carboxylic acids is 2. The molecule has 0 spiro atoms.